The summed E-state index contributed by atoms with van der Waals surface area (Å²) in [5.41, 5.74) is 6.17. The van der Waals surface area contributed by atoms with Crippen LogP contribution in [-0.4, -0.2) is 89.6 Å². The molecule has 43 heavy (non-hydrogen) atoms. The lowest BCUT2D eigenvalue weighted by Crippen LogP contribution is -2.68. The second kappa shape index (κ2) is 12.9. The molecule has 0 bridgehead atoms. The van der Waals surface area contributed by atoms with Crippen LogP contribution in [0.4, 0.5) is 0 Å². The number of nitrogens with zero attached hydrogens (tertiary/aromatic N) is 3. The van der Waals surface area contributed by atoms with Gasteiger partial charge in [0.15, 0.2) is 0 Å². The number of hydroxylamine groups is 2. The Labute approximate surface area is 259 Å². The second-order valence-corrected chi connectivity index (χ2v) is 15.7. The predicted molar refractivity (Wildman–Crippen MR) is 172 cm³/mol. The number of fused-ring (bicyclic) bond motifs is 1. The highest BCUT2D eigenvalue weighted by Crippen LogP contribution is 2.44. The third kappa shape index (κ3) is 5.84. The molecule has 6 rings (SSSR count). The maximum Gasteiger partial charge on any atom is 0.221 e. The zero-order valence-electron chi connectivity index (χ0n) is 26.5. The highest BCUT2D eigenvalue weighted by Gasteiger charge is 2.54. The molecule has 1 aliphatic carbocycles. The average molecular weight is 610 g/mol. The van der Waals surface area contributed by atoms with E-state index in [1.165, 1.54) is 53.5 Å². The number of aliphatic hydroxyl groups excluding tert-OH is 1. The van der Waals surface area contributed by atoms with Gasteiger partial charge in [-0.3, -0.25) is 9.74 Å². The lowest BCUT2D eigenvalue weighted by molar-refractivity contribution is -0.185. The van der Waals surface area contributed by atoms with Gasteiger partial charge in [-0.1, -0.05) is 68.1 Å². The summed E-state index contributed by atoms with van der Waals surface area (Å²) < 4.78 is 30.7. The van der Waals surface area contributed by atoms with Crippen LogP contribution in [0, 0.1) is 13.8 Å². The van der Waals surface area contributed by atoms with Crippen molar-refractivity contribution in [1.82, 2.24) is 14.3 Å². The Morgan fingerprint density at radius 2 is 1.60 bits per heavy atom. The van der Waals surface area contributed by atoms with Gasteiger partial charge in [-0.25, -0.2) is 8.42 Å². The van der Waals surface area contributed by atoms with Gasteiger partial charge in [0, 0.05) is 37.1 Å². The van der Waals surface area contributed by atoms with Gasteiger partial charge in [0.25, 0.3) is 0 Å². The molecule has 4 unspecified atom stereocenters. The van der Waals surface area contributed by atoms with Crippen molar-refractivity contribution < 1.29 is 18.4 Å². The molecule has 0 radical (unpaired) electrons. The number of aryl methyl sites for hydroxylation is 1. The molecule has 4 aliphatic rings. The van der Waals surface area contributed by atoms with Gasteiger partial charge in [0.2, 0.25) is 10.0 Å². The van der Waals surface area contributed by atoms with Crippen LogP contribution in [-0.2, 0) is 14.9 Å². The maximum absolute atomic E-state index is 14.5. The van der Waals surface area contributed by atoms with Crippen molar-refractivity contribution in [2.24, 2.45) is 0 Å². The van der Waals surface area contributed by atoms with E-state index in [0.29, 0.717) is 19.1 Å². The van der Waals surface area contributed by atoms with Crippen LogP contribution in [0.1, 0.15) is 87.8 Å². The van der Waals surface area contributed by atoms with E-state index in [2.05, 4.69) is 73.2 Å². The molecule has 6 atom stereocenters. The monoisotopic (exact) mass is 609 g/mol. The molecule has 2 aromatic carbocycles. The molecule has 4 fully saturated rings. The number of hydrogen-bond donors (Lipinski definition) is 1. The van der Waals surface area contributed by atoms with Crippen LogP contribution in [0.5, 0.6) is 0 Å². The van der Waals surface area contributed by atoms with Gasteiger partial charge < -0.3 is 5.11 Å². The fourth-order valence-corrected chi connectivity index (χ4v) is 10.8. The molecule has 3 aliphatic heterocycles. The molecule has 7 nitrogen and oxygen atoms in total. The molecule has 236 valence electrons. The van der Waals surface area contributed by atoms with E-state index in [1.54, 1.807) is 4.31 Å². The number of hydrogen-bond acceptors (Lipinski definition) is 6. The zero-order chi connectivity index (χ0) is 30.3. The first-order chi connectivity index (χ1) is 20.7. The summed E-state index contributed by atoms with van der Waals surface area (Å²) in [4.78, 5) is 8.71. The molecule has 0 spiro atoms. The predicted octanol–water partition coefficient (Wildman–Crippen LogP) is 5.64. The first kappa shape index (κ1) is 31.2. The summed E-state index contributed by atoms with van der Waals surface area (Å²) in [6.45, 7) is 10.3. The second-order valence-electron chi connectivity index (χ2n) is 13.6. The van der Waals surface area contributed by atoms with E-state index in [-0.39, 0.29) is 36.8 Å². The minimum atomic E-state index is -3.61. The third-order valence-corrected chi connectivity index (χ3v) is 13.6. The molecule has 3 saturated heterocycles. The first-order valence-electron chi connectivity index (χ1n) is 16.7. The van der Waals surface area contributed by atoms with Crippen LogP contribution >= 0.6 is 0 Å². The normalized spacial score (nSPS) is 32.0. The third-order valence-electron chi connectivity index (χ3n) is 11.1. The fourth-order valence-electron chi connectivity index (χ4n) is 8.57. The zero-order valence-corrected chi connectivity index (χ0v) is 27.3. The molecule has 1 saturated carbocycles. The van der Waals surface area contributed by atoms with Crippen LogP contribution in [0.25, 0.3) is 11.1 Å². The van der Waals surface area contributed by atoms with Gasteiger partial charge in [-0.05, 0) is 87.7 Å². The van der Waals surface area contributed by atoms with E-state index in [4.69, 9.17) is 4.84 Å². The molecule has 2 aromatic rings. The minimum absolute atomic E-state index is 0.0117. The molecule has 3 heterocycles. The average Bonchev–Trinajstić information content (AvgIpc) is 3.12. The topological polar surface area (TPSA) is 73.3 Å². The van der Waals surface area contributed by atoms with Gasteiger partial charge >= 0.3 is 0 Å². The van der Waals surface area contributed by atoms with Crippen molar-refractivity contribution in [2.75, 3.05) is 26.2 Å². The molecule has 0 aromatic heterocycles. The summed E-state index contributed by atoms with van der Waals surface area (Å²) in [6, 6.07) is 15.4. The highest BCUT2D eigenvalue weighted by atomic mass is 32.2. The van der Waals surface area contributed by atoms with Crippen LogP contribution in [0.3, 0.4) is 0 Å². The van der Waals surface area contributed by atoms with Crippen molar-refractivity contribution in [3.05, 3.63) is 59.2 Å². The SMILES string of the molecule is Cc1cccc(-c2ccc([C@@H]3C(CO)N4CCCCN(S(=O)(=O)C5C(C)ON(C6CCCCCC6)C5C)C[C@@H]34)cc2)c1C. The van der Waals surface area contributed by atoms with Crippen molar-refractivity contribution in [3.63, 3.8) is 0 Å². The lowest BCUT2D eigenvalue weighted by atomic mass is 9.74. The van der Waals surface area contributed by atoms with Crippen molar-refractivity contribution in [1.29, 1.82) is 0 Å². The summed E-state index contributed by atoms with van der Waals surface area (Å²) in [6.07, 6.45) is 8.43. The Morgan fingerprint density at radius 1 is 0.907 bits per heavy atom. The Balaban J connectivity index is 1.23. The van der Waals surface area contributed by atoms with Crippen LogP contribution < -0.4 is 0 Å². The van der Waals surface area contributed by atoms with Gasteiger partial charge in [0.05, 0.1) is 18.8 Å². The number of rotatable bonds is 6. The largest absolute Gasteiger partial charge is 0.395 e. The molecular weight excluding hydrogens is 558 g/mol. The Bertz CT molecular complexity index is 1360. The van der Waals surface area contributed by atoms with Crippen LogP contribution in [0.15, 0.2) is 42.5 Å². The molecule has 1 N–H and O–H groups in total. The maximum atomic E-state index is 14.5. The van der Waals surface area contributed by atoms with Gasteiger partial charge in [-0.2, -0.15) is 9.37 Å². The smallest absolute Gasteiger partial charge is 0.221 e. The van der Waals surface area contributed by atoms with E-state index >= 15 is 0 Å². The minimum Gasteiger partial charge on any atom is -0.395 e. The van der Waals surface area contributed by atoms with Crippen molar-refractivity contribution in [3.8, 4) is 11.1 Å². The van der Waals surface area contributed by atoms with E-state index in [0.717, 1.165) is 32.2 Å². The Morgan fingerprint density at radius 3 is 2.30 bits per heavy atom. The summed E-state index contributed by atoms with van der Waals surface area (Å²) in [5, 5.41) is 11.9. The molecule has 0 amide bonds. The van der Waals surface area contributed by atoms with Crippen molar-refractivity contribution >= 4 is 10.0 Å². The van der Waals surface area contributed by atoms with E-state index in [1.807, 2.05) is 6.92 Å². The fraction of sp³-hybridized carbons (Fsp3) is 0.657. The number of aliphatic hydroxyl groups is 1. The highest BCUT2D eigenvalue weighted by molar-refractivity contribution is 7.89. The van der Waals surface area contributed by atoms with E-state index in [9.17, 15) is 13.5 Å². The summed E-state index contributed by atoms with van der Waals surface area (Å²) >= 11 is 0. The number of benzene rings is 2. The first-order valence-corrected chi connectivity index (χ1v) is 18.2. The summed E-state index contributed by atoms with van der Waals surface area (Å²) in [7, 11) is -3.61. The Kier molecular flexibility index (Phi) is 9.35. The molecular formula is C35H51N3O4S. The summed E-state index contributed by atoms with van der Waals surface area (Å²) in [5.74, 6) is 0.0885. The number of sulfonamides is 1. The van der Waals surface area contributed by atoms with Crippen LogP contribution in [0.2, 0.25) is 0 Å². The van der Waals surface area contributed by atoms with Gasteiger partial charge in [-0.15, -0.1) is 0 Å². The lowest BCUT2D eigenvalue weighted by Gasteiger charge is -2.57. The van der Waals surface area contributed by atoms with E-state index < -0.39 is 15.3 Å². The van der Waals surface area contributed by atoms with Gasteiger partial charge in [0.1, 0.15) is 5.25 Å². The van der Waals surface area contributed by atoms with Crippen molar-refractivity contribution in [2.45, 2.75) is 121 Å². The standard InChI is InChI=1S/C35H51N3O4S/c1-24-12-11-15-31(25(24)2)28-16-18-29(19-17-28)34-32-22-36(20-9-10-21-37(32)33(34)23-39)43(40,41)35-26(3)38(42-27(35)4)30-13-7-5-6-8-14-30/h11-12,15-19,26-27,30,32-35,39H,5-10,13-14,20-23H2,1-4H3/t26?,27?,32-,33?,34-,35?/m0/s1. The Hall–Kier alpha value is -1.81. The molecule has 8 heteroatoms. The quantitative estimate of drug-likeness (QED) is 0.428.